The molecule has 1 N–H and O–H groups in total. The number of fused-ring (bicyclic) bond motifs is 1. The Morgan fingerprint density at radius 1 is 1.25 bits per heavy atom. The lowest BCUT2D eigenvalue weighted by atomic mass is 10.2. The van der Waals surface area contributed by atoms with Gasteiger partial charge in [-0.1, -0.05) is 0 Å². The van der Waals surface area contributed by atoms with Crippen molar-refractivity contribution in [3.63, 3.8) is 0 Å². The number of benzene rings is 1. The Hall–Kier alpha value is -2.43. The van der Waals surface area contributed by atoms with Crippen LogP contribution in [0.1, 0.15) is 16.8 Å². The third kappa shape index (κ3) is 2.47. The Morgan fingerprint density at radius 3 is 2.90 bits per heavy atom. The number of halogens is 1. The molecule has 20 heavy (non-hydrogen) atoms. The van der Waals surface area contributed by atoms with E-state index in [-0.39, 0.29) is 5.82 Å². The van der Waals surface area contributed by atoms with Crippen LogP contribution in [0.5, 0.6) is 0 Å². The highest BCUT2D eigenvalue weighted by Crippen LogP contribution is 2.14. The molecule has 102 valence electrons. The molecule has 3 rings (SSSR count). The van der Waals surface area contributed by atoms with Gasteiger partial charge in [-0.15, -0.1) is 0 Å². The average Bonchev–Trinajstić information content (AvgIpc) is 2.79. The first-order valence-corrected chi connectivity index (χ1v) is 6.43. The minimum Gasteiger partial charge on any atom is -0.381 e. The van der Waals surface area contributed by atoms with E-state index in [2.05, 4.69) is 15.4 Å². The minimum atomic E-state index is -0.189. The van der Waals surface area contributed by atoms with E-state index in [0.717, 1.165) is 22.6 Å². The van der Waals surface area contributed by atoms with Gasteiger partial charge >= 0.3 is 0 Å². The van der Waals surface area contributed by atoms with Crippen LogP contribution in [-0.2, 0) is 6.54 Å². The van der Waals surface area contributed by atoms with E-state index >= 15 is 0 Å². The smallest absolute Gasteiger partial charge is 0.155 e. The Kier molecular flexibility index (Phi) is 3.10. The van der Waals surface area contributed by atoms with Crippen molar-refractivity contribution < 1.29 is 4.39 Å². The van der Waals surface area contributed by atoms with Crippen LogP contribution in [0.25, 0.3) is 5.65 Å². The number of nitrogens with zero attached hydrogens (tertiary/aromatic N) is 3. The Balaban J connectivity index is 1.77. The first-order chi connectivity index (χ1) is 9.61. The van der Waals surface area contributed by atoms with Gasteiger partial charge in [-0.2, -0.15) is 5.10 Å². The maximum atomic E-state index is 13.2. The summed E-state index contributed by atoms with van der Waals surface area (Å²) < 4.78 is 15.0. The van der Waals surface area contributed by atoms with Gasteiger partial charge in [-0.05, 0) is 37.6 Å². The van der Waals surface area contributed by atoms with Gasteiger partial charge in [-0.25, -0.2) is 13.9 Å². The first kappa shape index (κ1) is 12.6. The summed E-state index contributed by atoms with van der Waals surface area (Å²) in [5, 5.41) is 7.58. The maximum Gasteiger partial charge on any atom is 0.155 e. The van der Waals surface area contributed by atoms with Crippen LogP contribution >= 0.6 is 0 Å². The standard InChI is InChI=1S/C15H15FN4/c1-10-5-13(3-4-14(10)16)17-7-12-8-18-15-6-11(2)19-20(15)9-12/h3-6,8-9,17H,7H2,1-2H3. The largest absolute Gasteiger partial charge is 0.381 e. The molecule has 2 heterocycles. The third-order valence-corrected chi connectivity index (χ3v) is 3.14. The summed E-state index contributed by atoms with van der Waals surface area (Å²) in [4.78, 5) is 4.35. The minimum absolute atomic E-state index is 0.189. The highest BCUT2D eigenvalue weighted by atomic mass is 19.1. The molecule has 5 heteroatoms. The number of hydrogen-bond donors (Lipinski definition) is 1. The fourth-order valence-electron chi connectivity index (χ4n) is 2.08. The lowest BCUT2D eigenvalue weighted by molar-refractivity contribution is 0.618. The summed E-state index contributed by atoms with van der Waals surface area (Å²) >= 11 is 0. The van der Waals surface area contributed by atoms with Crippen molar-refractivity contribution >= 4 is 11.3 Å². The zero-order valence-electron chi connectivity index (χ0n) is 11.4. The fourth-order valence-corrected chi connectivity index (χ4v) is 2.08. The Labute approximate surface area is 116 Å². The summed E-state index contributed by atoms with van der Waals surface area (Å²) in [6.45, 7) is 4.31. The molecule has 4 nitrogen and oxygen atoms in total. The summed E-state index contributed by atoms with van der Waals surface area (Å²) in [5.74, 6) is -0.189. The van der Waals surface area contributed by atoms with Crippen molar-refractivity contribution in [1.29, 1.82) is 0 Å². The lowest BCUT2D eigenvalue weighted by Crippen LogP contribution is -2.02. The van der Waals surface area contributed by atoms with Gasteiger partial charge in [0.25, 0.3) is 0 Å². The number of aromatic nitrogens is 3. The van der Waals surface area contributed by atoms with Crippen LogP contribution in [0, 0.1) is 19.7 Å². The molecular formula is C15H15FN4. The lowest BCUT2D eigenvalue weighted by Gasteiger charge is -2.07. The molecular weight excluding hydrogens is 255 g/mol. The summed E-state index contributed by atoms with van der Waals surface area (Å²) in [7, 11) is 0. The van der Waals surface area contributed by atoms with Gasteiger partial charge < -0.3 is 5.32 Å². The van der Waals surface area contributed by atoms with Gasteiger partial charge in [-0.3, -0.25) is 0 Å². The number of nitrogens with one attached hydrogen (secondary N) is 1. The molecule has 1 aromatic carbocycles. The van der Waals surface area contributed by atoms with Gasteiger partial charge in [0.05, 0.1) is 5.69 Å². The zero-order valence-corrected chi connectivity index (χ0v) is 11.4. The second kappa shape index (κ2) is 4.92. The number of anilines is 1. The number of rotatable bonds is 3. The molecule has 0 unspecified atom stereocenters. The van der Waals surface area contributed by atoms with Crippen molar-refractivity contribution in [1.82, 2.24) is 14.6 Å². The normalized spacial score (nSPS) is 10.9. The van der Waals surface area contributed by atoms with Crippen LogP contribution in [0.4, 0.5) is 10.1 Å². The van der Waals surface area contributed by atoms with E-state index in [1.54, 1.807) is 23.6 Å². The van der Waals surface area contributed by atoms with Crippen LogP contribution in [0.3, 0.4) is 0 Å². The molecule has 0 saturated heterocycles. The Morgan fingerprint density at radius 2 is 2.10 bits per heavy atom. The average molecular weight is 270 g/mol. The molecule has 0 aliphatic carbocycles. The molecule has 0 spiro atoms. The number of aryl methyl sites for hydroxylation is 2. The second-order valence-electron chi connectivity index (χ2n) is 4.87. The molecule has 0 amide bonds. The summed E-state index contributed by atoms with van der Waals surface area (Å²) in [5.41, 5.74) is 4.31. The molecule has 0 aliphatic rings. The van der Waals surface area contributed by atoms with Crippen molar-refractivity contribution in [2.24, 2.45) is 0 Å². The van der Waals surface area contributed by atoms with Gasteiger partial charge in [0.15, 0.2) is 5.65 Å². The monoisotopic (exact) mass is 270 g/mol. The molecule has 0 saturated carbocycles. The van der Waals surface area contributed by atoms with Crippen molar-refractivity contribution in [2.75, 3.05) is 5.32 Å². The van der Waals surface area contributed by atoms with Crippen LogP contribution in [-0.4, -0.2) is 14.6 Å². The highest BCUT2D eigenvalue weighted by Gasteiger charge is 2.02. The third-order valence-electron chi connectivity index (χ3n) is 3.14. The second-order valence-corrected chi connectivity index (χ2v) is 4.87. The highest BCUT2D eigenvalue weighted by molar-refractivity contribution is 5.46. The van der Waals surface area contributed by atoms with Crippen LogP contribution < -0.4 is 5.32 Å². The van der Waals surface area contributed by atoms with Crippen molar-refractivity contribution in [3.8, 4) is 0 Å². The molecule has 3 aromatic rings. The van der Waals surface area contributed by atoms with Gasteiger partial charge in [0.2, 0.25) is 0 Å². The molecule has 0 fully saturated rings. The maximum absolute atomic E-state index is 13.2. The van der Waals surface area contributed by atoms with E-state index in [4.69, 9.17) is 0 Å². The predicted octanol–water partition coefficient (Wildman–Crippen LogP) is 3.10. The quantitative estimate of drug-likeness (QED) is 0.795. The zero-order chi connectivity index (χ0) is 14.1. The first-order valence-electron chi connectivity index (χ1n) is 6.43. The van der Waals surface area contributed by atoms with Crippen molar-refractivity contribution in [2.45, 2.75) is 20.4 Å². The van der Waals surface area contributed by atoms with E-state index in [9.17, 15) is 4.39 Å². The van der Waals surface area contributed by atoms with Gasteiger partial charge in [0.1, 0.15) is 5.82 Å². The van der Waals surface area contributed by atoms with Gasteiger partial charge in [0, 0.05) is 36.3 Å². The predicted molar refractivity (Wildman–Crippen MR) is 76.2 cm³/mol. The van der Waals surface area contributed by atoms with E-state index < -0.39 is 0 Å². The molecule has 0 radical (unpaired) electrons. The summed E-state index contributed by atoms with van der Waals surface area (Å²) in [6, 6.07) is 6.92. The molecule has 0 atom stereocenters. The van der Waals surface area contributed by atoms with Crippen LogP contribution in [0.15, 0.2) is 36.7 Å². The molecule has 2 aromatic heterocycles. The Bertz CT molecular complexity index is 764. The number of hydrogen-bond acceptors (Lipinski definition) is 3. The van der Waals surface area contributed by atoms with Crippen molar-refractivity contribution in [3.05, 3.63) is 59.3 Å². The SMILES string of the molecule is Cc1cc2ncc(CNc3ccc(F)c(C)c3)cn2n1. The van der Waals surface area contributed by atoms with E-state index in [1.807, 2.05) is 25.4 Å². The van der Waals surface area contributed by atoms with Crippen LogP contribution in [0.2, 0.25) is 0 Å². The molecule has 0 bridgehead atoms. The summed E-state index contributed by atoms with van der Waals surface area (Å²) in [6.07, 6.45) is 3.76. The topological polar surface area (TPSA) is 42.2 Å². The van der Waals surface area contributed by atoms with E-state index in [0.29, 0.717) is 12.1 Å². The van der Waals surface area contributed by atoms with E-state index in [1.165, 1.54) is 6.07 Å². The fraction of sp³-hybridized carbons (Fsp3) is 0.200. The molecule has 0 aliphatic heterocycles.